The van der Waals surface area contributed by atoms with Gasteiger partial charge in [-0.2, -0.15) is 5.26 Å². The van der Waals surface area contributed by atoms with Crippen LogP contribution in [-0.2, 0) is 10.0 Å². The zero-order chi connectivity index (χ0) is 24.4. The maximum absolute atomic E-state index is 13.2. The van der Waals surface area contributed by atoms with Crippen LogP contribution < -0.4 is 10.5 Å². The molecule has 10 heteroatoms. The summed E-state index contributed by atoms with van der Waals surface area (Å²) in [5.41, 5.74) is 5.01. The molecule has 2 heterocycles. The molecule has 0 aliphatic heterocycles. The molecule has 0 spiro atoms. The van der Waals surface area contributed by atoms with Gasteiger partial charge in [-0.15, -0.1) is 0 Å². The average Bonchev–Trinajstić information content (AvgIpc) is 3.48. The van der Waals surface area contributed by atoms with Crippen LogP contribution in [-0.4, -0.2) is 28.9 Å². The van der Waals surface area contributed by atoms with Gasteiger partial charge in [0.2, 0.25) is 15.9 Å². The number of nitriles is 1. The Morgan fingerprint density at radius 3 is 2.84 bits per heavy atom. The number of oxazole rings is 1. The van der Waals surface area contributed by atoms with E-state index in [4.69, 9.17) is 14.3 Å². The number of anilines is 1. The van der Waals surface area contributed by atoms with Gasteiger partial charge in [-0.1, -0.05) is 6.07 Å². The number of aryl methyl sites for hydroxylation is 1. The van der Waals surface area contributed by atoms with Crippen LogP contribution in [0.15, 0.2) is 46.2 Å². The van der Waals surface area contributed by atoms with Gasteiger partial charge in [-0.25, -0.2) is 28.1 Å². The van der Waals surface area contributed by atoms with E-state index in [-0.39, 0.29) is 39.1 Å². The number of hydrogen-bond donors (Lipinski definition) is 2. The molecule has 0 radical (unpaired) electrons. The van der Waals surface area contributed by atoms with E-state index in [0.717, 1.165) is 0 Å². The molecule has 0 atom stereocenters. The first kappa shape index (κ1) is 16.4. The first-order chi connectivity index (χ1) is 16.0. The summed E-state index contributed by atoms with van der Waals surface area (Å²) in [4.78, 5) is 12.4. The zero-order valence-electron chi connectivity index (χ0n) is 19.3. The monoisotopic (exact) mass is 439 g/mol. The molecule has 3 aliphatic rings. The van der Waals surface area contributed by atoms with Crippen LogP contribution in [0, 0.1) is 23.6 Å². The van der Waals surface area contributed by atoms with Crippen molar-refractivity contribution in [2.24, 2.45) is 5.41 Å². The Balaban J connectivity index is 1.57. The summed E-state index contributed by atoms with van der Waals surface area (Å²) in [6.45, 7) is -2.54. The molecule has 0 unspecified atom stereocenters. The Hall–Kier alpha value is -3.29. The first-order valence-electron chi connectivity index (χ1n) is 11.1. The number of aromatic nitrogens is 3. The van der Waals surface area contributed by atoms with Gasteiger partial charge in [0.15, 0.2) is 11.5 Å². The third-order valence-corrected chi connectivity index (χ3v) is 7.61. The van der Waals surface area contributed by atoms with Crippen molar-refractivity contribution in [3.63, 3.8) is 0 Å². The summed E-state index contributed by atoms with van der Waals surface area (Å²) in [6.07, 6.45) is 6.19. The Morgan fingerprint density at radius 1 is 1.32 bits per heavy atom. The predicted octanol–water partition coefficient (Wildman–Crippen LogP) is 2.80. The standard InChI is InChI=1S/C21H20N6O3S/c1-13-2-3-14(31(28,29)27-21-5-4-20(10-21,11-21)12-22)8-15(13)16-9-25-18(23)17(26-16)19-24-6-7-30-19/h2-3,6-9,27H,4-5,10-11H2,1H3,(H2,23,25)/i1D3. The van der Waals surface area contributed by atoms with E-state index in [1.807, 2.05) is 0 Å². The highest BCUT2D eigenvalue weighted by Gasteiger charge is 2.62. The number of benzene rings is 1. The number of fused-ring (bicyclic) bond motifs is 1. The fourth-order valence-corrected chi connectivity index (χ4v) is 6.06. The first-order valence-corrected chi connectivity index (χ1v) is 11.1. The van der Waals surface area contributed by atoms with Crippen LogP contribution in [0.4, 0.5) is 5.82 Å². The minimum atomic E-state index is -4.00. The summed E-state index contributed by atoms with van der Waals surface area (Å²) in [5.74, 6) is 0.123. The minimum absolute atomic E-state index is 0.0263. The maximum Gasteiger partial charge on any atom is 0.248 e. The third-order valence-electron chi connectivity index (χ3n) is 6.04. The van der Waals surface area contributed by atoms with Crippen molar-refractivity contribution in [3.8, 4) is 28.9 Å². The Bertz CT molecular complexity index is 1420. The SMILES string of the molecule is [2H]C([2H])([2H])c1ccc(S(=O)(=O)NC23CCC(C#N)(C2)C3)cc1-c1cnc(N)c(-c2ncco2)n1. The van der Waals surface area contributed by atoms with Crippen LogP contribution in [0.3, 0.4) is 0 Å². The van der Waals surface area contributed by atoms with Crippen molar-refractivity contribution >= 4 is 15.8 Å². The van der Waals surface area contributed by atoms with Gasteiger partial charge in [-0.05, 0) is 50.2 Å². The molecule has 3 aromatic rings. The molecule has 6 rings (SSSR count). The molecule has 3 aliphatic carbocycles. The van der Waals surface area contributed by atoms with Gasteiger partial charge in [0.1, 0.15) is 6.26 Å². The fraction of sp³-hybridized carbons (Fsp3) is 0.333. The van der Waals surface area contributed by atoms with Crippen molar-refractivity contribution in [2.75, 3.05) is 5.73 Å². The second kappa shape index (κ2) is 6.60. The van der Waals surface area contributed by atoms with E-state index in [2.05, 4.69) is 25.7 Å². The van der Waals surface area contributed by atoms with Crippen molar-refractivity contribution in [1.82, 2.24) is 19.7 Å². The minimum Gasteiger partial charge on any atom is -0.443 e. The quantitative estimate of drug-likeness (QED) is 0.616. The number of rotatable bonds is 5. The molecule has 31 heavy (non-hydrogen) atoms. The predicted molar refractivity (Wildman–Crippen MR) is 112 cm³/mol. The van der Waals surface area contributed by atoms with Gasteiger partial charge in [0.05, 0.1) is 34.5 Å². The summed E-state index contributed by atoms with van der Waals surface area (Å²) >= 11 is 0. The lowest BCUT2D eigenvalue weighted by molar-refractivity contribution is 0.161. The lowest BCUT2D eigenvalue weighted by Gasteiger charge is -2.43. The molecule has 9 nitrogen and oxygen atoms in total. The molecule has 0 saturated heterocycles. The fourth-order valence-electron chi connectivity index (χ4n) is 4.61. The second-order valence-corrected chi connectivity index (χ2v) is 9.85. The summed E-state index contributed by atoms with van der Waals surface area (Å²) < 4.78 is 58.2. The summed E-state index contributed by atoms with van der Waals surface area (Å²) in [6, 6.07) is 6.08. The summed E-state index contributed by atoms with van der Waals surface area (Å²) in [5, 5.41) is 9.36. The Kier molecular flexibility index (Phi) is 3.49. The van der Waals surface area contributed by atoms with Crippen molar-refractivity contribution in [1.29, 1.82) is 5.26 Å². The number of nitrogen functional groups attached to an aromatic ring is 1. The molecule has 158 valence electrons. The maximum atomic E-state index is 13.2. The summed E-state index contributed by atoms with van der Waals surface area (Å²) in [7, 11) is -4.00. The van der Waals surface area contributed by atoms with Crippen molar-refractivity contribution in [2.45, 2.75) is 43.0 Å². The topological polar surface area (TPSA) is 148 Å². The van der Waals surface area contributed by atoms with Crippen LogP contribution in [0.5, 0.6) is 0 Å². The second-order valence-electron chi connectivity index (χ2n) is 8.17. The number of hydrogen-bond acceptors (Lipinski definition) is 8. The van der Waals surface area contributed by atoms with E-state index < -0.39 is 27.8 Å². The molecule has 0 amide bonds. The van der Waals surface area contributed by atoms with E-state index in [1.54, 1.807) is 0 Å². The smallest absolute Gasteiger partial charge is 0.248 e. The molecular formula is C21H20N6O3S. The molecule has 2 aromatic heterocycles. The van der Waals surface area contributed by atoms with Crippen LogP contribution in [0.25, 0.3) is 22.8 Å². The molecule has 1 aromatic carbocycles. The average molecular weight is 440 g/mol. The van der Waals surface area contributed by atoms with Crippen LogP contribution in [0.1, 0.15) is 35.4 Å². The number of nitrogens with zero attached hydrogens (tertiary/aromatic N) is 4. The molecule has 3 fully saturated rings. The normalized spacial score (nSPS) is 26.4. The lowest BCUT2D eigenvalue weighted by Crippen LogP contribution is -2.55. The van der Waals surface area contributed by atoms with Crippen LogP contribution in [0.2, 0.25) is 0 Å². The van der Waals surface area contributed by atoms with Crippen molar-refractivity contribution in [3.05, 3.63) is 42.4 Å². The zero-order valence-corrected chi connectivity index (χ0v) is 17.1. The van der Waals surface area contributed by atoms with Gasteiger partial charge in [-0.3, -0.25) is 0 Å². The van der Waals surface area contributed by atoms with E-state index in [9.17, 15) is 13.7 Å². The van der Waals surface area contributed by atoms with Gasteiger partial charge in [0.25, 0.3) is 0 Å². The highest BCUT2D eigenvalue weighted by atomic mass is 32.2. The lowest BCUT2D eigenvalue weighted by atomic mass is 9.66. The molecule has 3 N–H and O–H groups in total. The Labute approximate surface area is 183 Å². The van der Waals surface area contributed by atoms with Gasteiger partial charge < -0.3 is 10.2 Å². The largest absolute Gasteiger partial charge is 0.443 e. The third kappa shape index (κ3) is 3.17. The molecular weight excluding hydrogens is 416 g/mol. The van der Waals surface area contributed by atoms with E-state index >= 15 is 0 Å². The van der Waals surface area contributed by atoms with E-state index in [0.29, 0.717) is 25.7 Å². The highest BCUT2D eigenvalue weighted by Crippen LogP contribution is 2.61. The number of nitrogens with one attached hydrogen (secondary N) is 1. The number of sulfonamides is 1. The van der Waals surface area contributed by atoms with Gasteiger partial charge in [0, 0.05) is 15.2 Å². The highest BCUT2D eigenvalue weighted by molar-refractivity contribution is 7.89. The van der Waals surface area contributed by atoms with E-state index in [1.165, 1.54) is 36.9 Å². The molecule has 3 saturated carbocycles. The number of nitrogens with two attached hydrogens (primary N) is 1. The Morgan fingerprint density at radius 2 is 2.16 bits per heavy atom. The van der Waals surface area contributed by atoms with Crippen LogP contribution >= 0.6 is 0 Å². The molecule has 2 bridgehead atoms. The van der Waals surface area contributed by atoms with Crippen molar-refractivity contribution < 1.29 is 16.9 Å². The van der Waals surface area contributed by atoms with Gasteiger partial charge >= 0.3 is 0 Å².